The standard InChI is InChI=1S/C11H18ClN3O/c1-3-4-10-5-11(15-8-14-10)13-6-9(12)7-16-2/h5,8-9H,3-4,6-7H2,1-2H3,(H,13,14,15). The zero-order valence-corrected chi connectivity index (χ0v) is 10.5. The Morgan fingerprint density at radius 3 is 3.00 bits per heavy atom. The number of nitrogens with zero attached hydrogens (tertiary/aromatic N) is 2. The molecule has 0 spiro atoms. The molecule has 0 aliphatic carbocycles. The Balaban J connectivity index is 2.44. The van der Waals surface area contributed by atoms with E-state index in [9.17, 15) is 0 Å². The normalized spacial score (nSPS) is 12.4. The summed E-state index contributed by atoms with van der Waals surface area (Å²) in [6, 6.07) is 1.96. The quantitative estimate of drug-likeness (QED) is 0.745. The molecule has 1 N–H and O–H groups in total. The smallest absolute Gasteiger partial charge is 0.129 e. The van der Waals surface area contributed by atoms with E-state index in [0.29, 0.717) is 13.2 Å². The van der Waals surface area contributed by atoms with Crippen LogP contribution in [0.5, 0.6) is 0 Å². The molecule has 4 nitrogen and oxygen atoms in total. The topological polar surface area (TPSA) is 47.0 Å². The summed E-state index contributed by atoms with van der Waals surface area (Å²) >= 11 is 6.00. The van der Waals surface area contributed by atoms with Gasteiger partial charge >= 0.3 is 0 Å². The number of aromatic nitrogens is 2. The van der Waals surface area contributed by atoms with Crippen LogP contribution in [-0.2, 0) is 11.2 Å². The number of rotatable bonds is 7. The van der Waals surface area contributed by atoms with Gasteiger partial charge in [0.2, 0.25) is 0 Å². The summed E-state index contributed by atoms with van der Waals surface area (Å²) in [6.07, 6.45) is 3.63. The van der Waals surface area contributed by atoms with Crippen LogP contribution in [0, 0.1) is 0 Å². The van der Waals surface area contributed by atoms with Gasteiger partial charge in [0.25, 0.3) is 0 Å². The summed E-state index contributed by atoms with van der Waals surface area (Å²) in [5, 5.41) is 3.12. The summed E-state index contributed by atoms with van der Waals surface area (Å²) in [7, 11) is 1.64. The summed E-state index contributed by atoms with van der Waals surface area (Å²) < 4.78 is 4.95. The van der Waals surface area contributed by atoms with Gasteiger partial charge in [-0.2, -0.15) is 0 Å². The number of hydrogen-bond donors (Lipinski definition) is 1. The van der Waals surface area contributed by atoms with Crippen molar-refractivity contribution in [1.29, 1.82) is 0 Å². The van der Waals surface area contributed by atoms with Crippen LogP contribution >= 0.6 is 11.6 Å². The molecule has 0 aromatic carbocycles. The maximum atomic E-state index is 6.00. The molecule has 0 radical (unpaired) electrons. The van der Waals surface area contributed by atoms with Crippen molar-refractivity contribution in [2.75, 3.05) is 25.6 Å². The molecule has 0 saturated carbocycles. The molecule has 16 heavy (non-hydrogen) atoms. The average Bonchev–Trinajstić information content (AvgIpc) is 2.28. The zero-order valence-electron chi connectivity index (χ0n) is 9.74. The van der Waals surface area contributed by atoms with Gasteiger partial charge in [-0.1, -0.05) is 13.3 Å². The van der Waals surface area contributed by atoms with E-state index < -0.39 is 0 Å². The molecule has 0 aliphatic heterocycles. The van der Waals surface area contributed by atoms with E-state index in [1.807, 2.05) is 6.07 Å². The van der Waals surface area contributed by atoms with Crippen molar-refractivity contribution in [3.8, 4) is 0 Å². The lowest BCUT2D eigenvalue weighted by atomic mass is 10.2. The van der Waals surface area contributed by atoms with E-state index in [0.717, 1.165) is 24.4 Å². The lowest BCUT2D eigenvalue weighted by Crippen LogP contribution is -2.19. The minimum Gasteiger partial charge on any atom is -0.383 e. The second-order valence-corrected chi connectivity index (χ2v) is 4.20. The van der Waals surface area contributed by atoms with Crippen molar-refractivity contribution < 1.29 is 4.74 Å². The summed E-state index contributed by atoms with van der Waals surface area (Å²) in [6.45, 7) is 3.29. The van der Waals surface area contributed by atoms with Crippen LogP contribution in [0.15, 0.2) is 12.4 Å². The summed E-state index contributed by atoms with van der Waals surface area (Å²) in [5.41, 5.74) is 1.05. The second-order valence-electron chi connectivity index (χ2n) is 3.58. The minimum atomic E-state index is -0.0467. The van der Waals surface area contributed by atoms with Crippen molar-refractivity contribution in [3.05, 3.63) is 18.1 Å². The molecule has 1 atom stereocenters. The molecule has 1 rings (SSSR count). The van der Waals surface area contributed by atoms with E-state index in [4.69, 9.17) is 16.3 Å². The molecule has 1 heterocycles. The number of hydrogen-bond acceptors (Lipinski definition) is 4. The first-order valence-electron chi connectivity index (χ1n) is 5.44. The Labute approximate surface area is 101 Å². The lowest BCUT2D eigenvalue weighted by molar-refractivity contribution is 0.200. The van der Waals surface area contributed by atoms with E-state index in [1.165, 1.54) is 0 Å². The molecule has 90 valence electrons. The van der Waals surface area contributed by atoms with Crippen LogP contribution < -0.4 is 5.32 Å². The molecule has 0 aliphatic rings. The van der Waals surface area contributed by atoms with Gasteiger partial charge in [0, 0.05) is 25.4 Å². The van der Waals surface area contributed by atoms with Crippen molar-refractivity contribution in [1.82, 2.24) is 9.97 Å². The Morgan fingerprint density at radius 1 is 1.50 bits per heavy atom. The minimum absolute atomic E-state index is 0.0467. The van der Waals surface area contributed by atoms with Gasteiger partial charge in [0.15, 0.2) is 0 Å². The first-order chi connectivity index (χ1) is 7.76. The fourth-order valence-electron chi connectivity index (χ4n) is 1.34. The maximum absolute atomic E-state index is 6.00. The molecule has 1 aromatic rings. The van der Waals surface area contributed by atoms with Gasteiger partial charge in [-0.3, -0.25) is 0 Å². The van der Waals surface area contributed by atoms with Gasteiger partial charge in [0.05, 0.1) is 12.0 Å². The highest BCUT2D eigenvalue weighted by atomic mass is 35.5. The molecule has 1 aromatic heterocycles. The fourth-order valence-corrected chi connectivity index (χ4v) is 1.55. The third-order valence-corrected chi connectivity index (χ3v) is 2.36. The molecule has 5 heteroatoms. The number of ether oxygens (including phenoxy) is 1. The van der Waals surface area contributed by atoms with Crippen molar-refractivity contribution in [2.45, 2.75) is 25.1 Å². The van der Waals surface area contributed by atoms with Gasteiger partial charge in [0.1, 0.15) is 12.1 Å². The first-order valence-corrected chi connectivity index (χ1v) is 5.87. The van der Waals surface area contributed by atoms with E-state index >= 15 is 0 Å². The maximum Gasteiger partial charge on any atom is 0.129 e. The second kappa shape index (κ2) is 7.41. The van der Waals surface area contributed by atoms with Crippen LogP contribution in [0.1, 0.15) is 19.0 Å². The van der Waals surface area contributed by atoms with Gasteiger partial charge in [-0.05, 0) is 6.42 Å². The molecule has 0 saturated heterocycles. The number of anilines is 1. The average molecular weight is 244 g/mol. The van der Waals surface area contributed by atoms with Crippen molar-refractivity contribution >= 4 is 17.4 Å². The summed E-state index contributed by atoms with van der Waals surface area (Å²) in [5.74, 6) is 0.820. The molecular formula is C11H18ClN3O. The highest BCUT2D eigenvalue weighted by Crippen LogP contribution is 2.07. The predicted octanol–water partition coefficient (Wildman–Crippen LogP) is 2.09. The van der Waals surface area contributed by atoms with Crippen molar-refractivity contribution in [3.63, 3.8) is 0 Å². The third kappa shape index (κ3) is 4.77. The fraction of sp³-hybridized carbons (Fsp3) is 0.636. The monoisotopic (exact) mass is 243 g/mol. The third-order valence-electron chi connectivity index (χ3n) is 2.08. The molecule has 0 fully saturated rings. The van der Waals surface area contributed by atoms with E-state index in [1.54, 1.807) is 13.4 Å². The molecule has 0 amide bonds. The zero-order chi connectivity index (χ0) is 11.8. The number of nitrogens with one attached hydrogen (secondary N) is 1. The number of alkyl halides is 1. The number of methoxy groups -OCH3 is 1. The largest absolute Gasteiger partial charge is 0.383 e. The Morgan fingerprint density at radius 2 is 2.31 bits per heavy atom. The van der Waals surface area contributed by atoms with Crippen LogP contribution in [-0.4, -0.2) is 35.6 Å². The lowest BCUT2D eigenvalue weighted by Gasteiger charge is -2.10. The summed E-state index contributed by atoms with van der Waals surface area (Å²) in [4.78, 5) is 8.32. The van der Waals surface area contributed by atoms with Crippen LogP contribution in [0.25, 0.3) is 0 Å². The Hall–Kier alpha value is -0.870. The predicted molar refractivity (Wildman–Crippen MR) is 66.0 cm³/mol. The van der Waals surface area contributed by atoms with Gasteiger partial charge < -0.3 is 10.1 Å². The van der Waals surface area contributed by atoms with Crippen LogP contribution in [0.4, 0.5) is 5.82 Å². The van der Waals surface area contributed by atoms with Gasteiger partial charge in [-0.15, -0.1) is 11.6 Å². The molecule has 0 bridgehead atoms. The highest BCUT2D eigenvalue weighted by molar-refractivity contribution is 6.21. The van der Waals surface area contributed by atoms with Crippen LogP contribution in [0.3, 0.4) is 0 Å². The SMILES string of the molecule is CCCc1cc(NCC(Cl)COC)ncn1. The van der Waals surface area contributed by atoms with Crippen LogP contribution in [0.2, 0.25) is 0 Å². The number of halogens is 1. The Bertz CT molecular complexity index is 309. The Kier molecular flexibility index (Phi) is 6.11. The van der Waals surface area contributed by atoms with E-state index in [2.05, 4.69) is 22.2 Å². The van der Waals surface area contributed by atoms with Crippen molar-refractivity contribution in [2.24, 2.45) is 0 Å². The highest BCUT2D eigenvalue weighted by Gasteiger charge is 2.04. The van der Waals surface area contributed by atoms with Gasteiger partial charge in [-0.25, -0.2) is 9.97 Å². The van der Waals surface area contributed by atoms with E-state index in [-0.39, 0.29) is 5.38 Å². The molecule has 1 unspecified atom stereocenters. The first kappa shape index (κ1) is 13.2. The molecular weight excluding hydrogens is 226 g/mol. The number of aryl methyl sites for hydroxylation is 1.